The number of anilines is 1. The Morgan fingerprint density at radius 3 is 2.55 bits per heavy atom. The fourth-order valence-electron chi connectivity index (χ4n) is 2.23. The molecule has 112 valence electrons. The van der Waals surface area contributed by atoms with Crippen molar-refractivity contribution < 1.29 is 9.90 Å². The predicted molar refractivity (Wildman–Crippen MR) is 86.5 cm³/mol. The lowest BCUT2D eigenvalue weighted by Crippen LogP contribution is -2.34. The minimum absolute atomic E-state index is 0.226. The molecular formula is C15H23BrN2O2. The van der Waals surface area contributed by atoms with Crippen molar-refractivity contribution in [1.29, 1.82) is 0 Å². The van der Waals surface area contributed by atoms with Crippen molar-refractivity contribution in [2.24, 2.45) is 5.92 Å². The first-order chi connectivity index (χ1) is 9.29. The molecule has 0 bridgehead atoms. The van der Waals surface area contributed by atoms with Crippen LogP contribution in [0.25, 0.3) is 0 Å². The molecule has 0 spiro atoms. The van der Waals surface area contributed by atoms with E-state index in [1.165, 1.54) is 0 Å². The van der Waals surface area contributed by atoms with Gasteiger partial charge in [0, 0.05) is 22.7 Å². The average Bonchev–Trinajstić information content (AvgIpc) is 2.29. The maximum absolute atomic E-state index is 11.3. The Morgan fingerprint density at radius 2 is 2.05 bits per heavy atom. The van der Waals surface area contributed by atoms with E-state index in [0.29, 0.717) is 17.2 Å². The Balaban J connectivity index is 2.94. The molecule has 0 heterocycles. The molecule has 20 heavy (non-hydrogen) atoms. The van der Waals surface area contributed by atoms with E-state index in [4.69, 9.17) is 0 Å². The van der Waals surface area contributed by atoms with Crippen LogP contribution in [0.15, 0.2) is 22.7 Å². The minimum Gasteiger partial charge on any atom is -0.478 e. The van der Waals surface area contributed by atoms with Crippen molar-refractivity contribution in [2.75, 3.05) is 26.0 Å². The van der Waals surface area contributed by atoms with E-state index >= 15 is 0 Å². The number of carbonyl (C=O) groups is 1. The third-order valence-corrected chi connectivity index (χ3v) is 3.41. The Labute approximate surface area is 129 Å². The molecule has 0 aromatic heterocycles. The van der Waals surface area contributed by atoms with Crippen molar-refractivity contribution in [2.45, 2.75) is 26.3 Å². The highest BCUT2D eigenvalue weighted by atomic mass is 79.9. The average molecular weight is 343 g/mol. The van der Waals surface area contributed by atoms with Gasteiger partial charge in [0.2, 0.25) is 0 Å². The summed E-state index contributed by atoms with van der Waals surface area (Å²) in [6.07, 6.45) is 0.993. The van der Waals surface area contributed by atoms with Crippen molar-refractivity contribution in [3.8, 4) is 0 Å². The summed E-state index contributed by atoms with van der Waals surface area (Å²) in [7, 11) is 4.05. The number of rotatable bonds is 7. The van der Waals surface area contributed by atoms with Crippen molar-refractivity contribution in [3.05, 3.63) is 28.2 Å². The number of benzene rings is 1. The molecule has 0 radical (unpaired) electrons. The first kappa shape index (κ1) is 17.0. The Hall–Kier alpha value is -1.07. The van der Waals surface area contributed by atoms with Gasteiger partial charge in [-0.05, 0) is 44.6 Å². The normalized spacial score (nSPS) is 12.8. The molecule has 0 saturated heterocycles. The van der Waals surface area contributed by atoms with Crippen LogP contribution in [-0.4, -0.2) is 42.7 Å². The van der Waals surface area contributed by atoms with Crippen LogP contribution in [-0.2, 0) is 0 Å². The van der Waals surface area contributed by atoms with Gasteiger partial charge in [0.25, 0.3) is 0 Å². The van der Waals surface area contributed by atoms with Gasteiger partial charge < -0.3 is 15.3 Å². The zero-order valence-electron chi connectivity index (χ0n) is 12.5. The third kappa shape index (κ3) is 5.51. The molecule has 5 heteroatoms. The number of aromatic carboxylic acids is 1. The molecule has 4 nitrogen and oxygen atoms in total. The van der Waals surface area contributed by atoms with Gasteiger partial charge in [-0.3, -0.25) is 0 Å². The monoisotopic (exact) mass is 342 g/mol. The first-order valence-corrected chi connectivity index (χ1v) is 7.53. The molecule has 1 atom stereocenters. The number of likely N-dealkylation sites (N-methyl/N-ethyl adjacent to an activating group) is 1. The largest absolute Gasteiger partial charge is 0.478 e. The summed E-state index contributed by atoms with van der Waals surface area (Å²) >= 11 is 3.31. The molecule has 1 aromatic carbocycles. The molecule has 0 fully saturated rings. The second-order valence-electron chi connectivity index (χ2n) is 5.73. The zero-order valence-corrected chi connectivity index (χ0v) is 14.1. The Morgan fingerprint density at radius 1 is 1.40 bits per heavy atom. The minimum atomic E-state index is -0.915. The molecule has 1 aromatic rings. The summed E-state index contributed by atoms with van der Waals surface area (Å²) in [5, 5.41) is 12.7. The number of carboxylic acids is 1. The number of nitrogens with zero attached hydrogens (tertiary/aromatic N) is 1. The van der Waals surface area contributed by atoms with Crippen molar-refractivity contribution >= 4 is 27.6 Å². The van der Waals surface area contributed by atoms with Gasteiger partial charge in [-0.2, -0.15) is 0 Å². The molecule has 1 rings (SSSR count). The van der Waals surface area contributed by atoms with E-state index in [-0.39, 0.29) is 6.04 Å². The van der Waals surface area contributed by atoms with E-state index in [2.05, 4.69) is 40.0 Å². The molecule has 0 aliphatic heterocycles. The van der Waals surface area contributed by atoms with Gasteiger partial charge in [-0.15, -0.1) is 0 Å². The van der Waals surface area contributed by atoms with Gasteiger partial charge in [0.1, 0.15) is 0 Å². The fraction of sp³-hybridized carbons (Fsp3) is 0.533. The molecule has 0 aliphatic carbocycles. The van der Waals surface area contributed by atoms with E-state index in [1.54, 1.807) is 6.07 Å². The van der Waals surface area contributed by atoms with Gasteiger partial charge in [0.05, 0.1) is 5.56 Å². The molecule has 0 saturated carbocycles. The third-order valence-electron chi connectivity index (χ3n) is 2.91. The molecular weight excluding hydrogens is 320 g/mol. The lowest BCUT2D eigenvalue weighted by Gasteiger charge is -2.25. The quantitative estimate of drug-likeness (QED) is 0.795. The van der Waals surface area contributed by atoms with Crippen LogP contribution in [0.1, 0.15) is 30.6 Å². The lowest BCUT2D eigenvalue weighted by atomic mass is 10.0. The second kappa shape index (κ2) is 7.64. The molecule has 0 amide bonds. The molecule has 1 unspecified atom stereocenters. The number of carboxylic acid groups (broad SMARTS) is 1. The van der Waals surface area contributed by atoms with Crippen LogP contribution in [0, 0.1) is 5.92 Å². The zero-order chi connectivity index (χ0) is 15.3. The van der Waals surface area contributed by atoms with Gasteiger partial charge in [-0.1, -0.05) is 29.8 Å². The predicted octanol–water partition coefficient (Wildman–Crippen LogP) is 3.54. The summed E-state index contributed by atoms with van der Waals surface area (Å²) in [5.41, 5.74) is 0.972. The van der Waals surface area contributed by atoms with Crippen LogP contribution in [0.3, 0.4) is 0 Å². The summed E-state index contributed by atoms with van der Waals surface area (Å²) in [6.45, 7) is 5.21. The lowest BCUT2D eigenvalue weighted by molar-refractivity contribution is 0.0698. The SMILES string of the molecule is CC(C)CC(CN(C)C)Nc1ccc(Br)cc1C(=O)O. The summed E-state index contributed by atoms with van der Waals surface area (Å²) in [4.78, 5) is 13.4. The summed E-state index contributed by atoms with van der Waals surface area (Å²) < 4.78 is 0.772. The van der Waals surface area contributed by atoms with E-state index in [9.17, 15) is 9.90 Å². The van der Waals surface area contributed by atoms with Crippen LogP contribution in [0.2, 0.25) is 0 Å². The van der Waals surface area contributed by atoms with Gasteiger partial charge in [0.15, 0.2) is 0 Å². The fourth-order valence-corrected chi connectivity index (χ4v) is 2.59. The van der Waals surface area contributed by atoms with Crippen molar-refractivity contribution in [3.63, 3.8) is 0 Å². The Bertz CT molecular complexity index is 451. The van der Waals surface area contributed by atoms with E-state index in [0.717, 1.165) is 17.4 Å². The number of hydrogen-bond acceptors (Lipinski definition) is 3. The molecule has 0 aliphatic rings. The van der Waals surface area contributed by atoms with E-state index in [1.807, 2.05) is 26.2 Å². The van der Waals surface area contributed by atoms with Crippen LogP contribution < -0.4 is 5.32 Å². The topological polar surface area (TPSA) is 52.6 Å². The Kier molecular flexibility index (Phi) is 6.49. The van der Waals surface area contributed by atoms with E-state index < -0.39 is 5.97 Å². The summed E-state index contributed by atoms with van der Waals surface area (Å²) in [5.74, 6) is -0.363. The highest BCUT2D eigenvalue weighted by Crippen LogP contribution is 2.23. The van der Waals surface area contributed by atoms with Crippen LogP contribution >= 0.6 is 15.9 Å². The van der Waals surface area contributed by atoms with Gasteiger partial charge in [-0.25, -0.2) is 4.79 Å². The first-order valence-electron chi connectivity index (χ1n) is 6.73. The highest BCUT2D eigenvalue weighted by Gasteiger charge is 2.16. The van der Waals surface area contributed by atoms with Crippen molar-refractivity contribution in [1.82, 2.24) is 4.90 Å². The summed E-state index contributed by atoms with van der Waals surface area (Å²) in [6, 6.07) is 5.53. The maximum atomic E-state index is 11.3. The number of hydrogen-bond donors (Lipinski definition) is 2. The van der Waals surface area contributed by atoms with Gasteiger partial charge >= 0.3 is 5.97 Å². The standard InChI is InChI=1S/C15H23BrN2O2/c1-10(2)7-12(9-18(3)4)17-14-6-5-11(16)8-13(14)15(19)20/h5-6,8,10,12,17H,7,9H2,1-4H3,(H,19,20). The highest BCUT2D eigenvalue weighted by molar-refractivity contribution is 9.10. The maximum Gasteiger partial charge on any atom is 0.337 e. The van der Waals surface area contributed by atoms with Crippen LogP contribution in [0.5, 0.6) is 0 Å². The number of nitrogens with one attached hydrogen (secondary N) is 1. The second-order valence-corrected chi connectivity index (χ2v) is 6.64. The molecule has 2 N–H and O–H groups in total. The van der Waals surface area contributed by atoms with Crippen LogP contribution in [0.4, 0.5) is 5.69 Å². The number of halogens is 1. The smallest absolute Gasteiger partial charge is 0.337 e.